The molecular weight excluding hydrogens is 359 g/mol. The van der Waals surface area contributed by atoms with Gasteiger partial charge in [-0.2, -0.15) is 4.31 Å². The van der Waals surface area contributed by atoms with Crippen LogP contribution in [0.4, 0.5) is 4.39 Å². The number of hydrogen-bond acceptors (Lipinski definition) is 4. The smallest absolute Gasteiger partial charge is 0.229 e. The molecule has 26 heavy (non-hydrogen) atoms. The van der Waals surface area contributed by atoms with Crippen LogP contribution in [0.15, 0.2) is 24.3 Å². The van der Waals surface area contributed by atoms with Crippen LogP contribution in [0.1, 0.15) is 25.3 Å². The monoisotopic (exact) mass is 384 g/mol. The third-order valence-electron chi connectivity index (χ3n) is 5.20. The molecule has 0 aromatic heterocycles. The molecule has 0 bridgehead atoms. The van der Waals surface area contributed by atoms with Crippen molar-refractivity contribution in [1.82, 2.24) is 9.62 Å². The molecule has 0 radical (unpaired) electrons. The summed E-state index contributed by atoms with van der Waals surface area (Å²) in [5.74, 6) is -0.630. The summed E-state index contributed by atoms with van der Waals surface area (Å²) in [6.45, 7) is 2.83. The molecule has 1 unspecified atom stereocenters. The minimum Gasteiger partial charge on any atom is -0.376 e. The van der Waals surface area contributed by atoms with Gasteiger partial charge in [-0.3, -0.25) is 4.79 Å². The molecule has 0 spiro atoms. The van der Waals surface area contributed by atoms with Gasteiger partial charge >= 0.3 is 0 Å². The van der Waals surface area contributed by atoms with Gasteiger partial charge in [0.25, 0.3) is 0 Å². The molecule has 2 heterocycles. The van der Waals surface area contributed by atoms with Crippen molar-refractivity contribution >= 4 is 15.9 Å². The Morgan fingerprint density at radius 3 is 2.73 bits per heavy atom. The van der Waals surface area contributed by atoms with E-state index in [1.165, 1.54) is 10.4 Å². The van der Waals surface area contributed by atoms with Gasteiger partial charge in [-0.25, -0.2) is 12.8 Å². The highest BCUT2D eigenvalue weighted by Crippen LogP contribution is 2.37. The van der Waals surface area contributed by atoms with Gasteiger partial charge in [-0.05, 0) is 37.8 Å². The molecule has 1 atom stereocenters. The molecule has 2 saturated heterocycles. The van der Waals surface area contributed by atoms with Crippen molar-refractivity contribution in [2.75, 3.05) is 32.0 Å². The fourth-order valence-electron chi connectivity index (χ4n) is 3.55. The van der Waals surface area contributed by atoms with Gasteiger partial charge in [0.1, 0.15) is 5.82 Å². The van der Waals surface area contributed by atoms with E-state index in [1.807, 2.05) is 0 Å². The van der Waals surface area contributed by atoms with E-state index in [0.29, 0.717) is 18.7 Å². The lowest BCUT2D eigenvalue weighted by molar-refractivity contribution is -0.138. The predicted octanol–water partition coefficient (Wildman–Crippen LogP) is 1.32. The molecule has 1 amide bonds. The van der Waals surface area contributed by atoms with Gasteiger partial charge in [0.2, 0.25) is 15.9 Å². The Bertz CT molecular complexity index is 756. The molecule has 1 N–H and O–H groups in total. The highest BCUT2D eigenvalue weighted by Gasteiger charge is 2.53. The molecule has 3 rings (SSSR count). The minimum atomic E-state index is -3.36. The van der Waals surface area contributed by atoms with Crippen LogP contribution in [0.25, 0.3) is 0 Å². The fraction of sp³-hybridized carbons (Fsp3) is 0.611. The quantitative estimate of drug-likeness (QED) is 0.769. The van der Waals surface area contributed by atoms with E-state index in [1.54, 1.807) is 25.1 Å². The first-order valence-corrected chi connectivity index (χ1v) is 10.6. The van der Waals surface area contributed by atoms with Gasteiger partial charge in [0.15, 0.2) is 0 Å². The van der Waals surface area contributed by atoms with E-state index < -0.39 is 15.4 Å². The van der Waals surface area contributed by atoms with E-state index in [0.717, 1.165) is 12.8 Å². The maximum Gasteiger partial charge on any atom is 0.229 e. The molecular formula is C18H25FN2O4S. The molecule has 2 aliphatic rings. The van der Waals surface area contributed by atoms with Crippen LogP contribution in [0, 0.1) is 11.2 Å². The number of sulfonamides is 1. The number of nitrogens with zero attached hydrogens (tertiary/aromatic N) is 1. The highest BCUT2D eigenvalue weighted by atomic mass is 32.2. The normalized spacial score (nSPS) is 22.8. The number of nitrogens with one attached hydrogen (secondary N) is 1. The van der Waals surface area contributed by atoms with Crippen molar-refractivity contribution in [2.45, 2.75) is 32.3 Å². The Morgan fingerprint density at radius 1 is 1.38 bits per heavy atom. The summed E-state index contributed by atoms with van der Waals surface area (Å²) in [5.41, 5.74) is -0.517. The van der Waals surface area contributed by atoms with Crippen molar-refractivity contribution in [2.24, 2.45) is 5.41 Å². The summed E-state index contributed by atoms with van der Waals surface area (Å²) in [6, 6.07) is 6.31. The Hall–Kier alpha value is -1.51. The number of amides is 1. The Labute approximate surface area is 153 Å². The lowest BCUT2D eigenvalue weighted by Crippen LogP contribution is -2.66. The van der Waals surface area contributed by atoms with Crippen molar-refractivity contribution in [3.05, 3.63) is 35.6 Å². The van der Waals surface area contributed by atoms with Crippen LogP contribution in [-0.2, 0) is 26.0 Å². The van der Waals surface area contributed by atoms with Crippen molar-refractivity contribution in [1.29, 1.82) is 0 Å². The van der Waals surface area contributed by atoms with Crippen molar-refractivity contribution < 1.29 is 22.3 Å². The van der Waals surface area contributed by atoms with Gasteiger partial charge in [0, 0.05) is 26.2 Å². The van der Waals surface area contributed by atoms with Crippen LogP contribution in [0.5, 0.6) is 0 Å². The summed E-state index contributed by atoms with van der Waals surface area (Å²) in [4.78, 5) is 12.9. The van der Waals surface area contributed by atoms with E-state index in [-0.39, 0.29) is 43.1 Å². The summed E-state index contributed by atoms with van der Waals surface area (Å²) in [5, 5.41) is 2.89. The molecule has 6 nitrogen and oxygen atoms in total. The average Bonchev–Trinajstić information content (AvgIpc) is 3.10. The van der Waals surface area contributed by atoms with Crippen LogP contribution in [0.3, 0.4) is 0 Å². The molecule has 1 aromatic rings. The Kier molecular flexibility index (Phi) is 5.64. The number of ether oxygens (including phenoxy) is 1. The second-order valence-corrected chi connectivity index (χ2v) is 9.32. The van der Waals surface area contributed by atoms with E-state index in [9.17, 15) is 17.6 Å². The zero-order chi connectivity index (χ0) is 18.8. The van der Waals surface area contributed by atoms with Gasteiger partial charge in [-0.1, -0.05) is 18.2 Å². The second-order valence-electron chi connectivity index (χ2n) is 7.06. The number of carbonyl (C=O) groups excluding carboxylic acids is 1. The van der Waals surface area contributed by atoms with Crippen LogP contribution >= 0.6 is 0 Å². The number of hydrogen-bond donors (Lipinski definition) is 1. The minimum absolute atomic E-state index is 0.0000143. The van der Waals surface area contributed by atoms with Gasteiger partial charge in [0.05, 0.1) is 17.3 Å². The average molecular weight is 384 g/mol. The summed E-state index contributed by atoms with van der Waals surface area (Å²) in [6.07, 6.45) is 2.05. The third kappa shape index (κ3) is 3.92. The summed E-state index contributed by atoms with van der Waals surface area (Å²) < 4.78 is 45.1. The first-order chi connectivity index (χ1) is 12.4. The number of halogens is 1. The predicted molar refractivity (Wildman–Crippen MR) is 95.6 cm³/mol. The standard InChI is InChI=1S/C18H25FN2O4S/c1-2-26(23,24)21-12-18(13-21,10-14-6-3-4-8-16(14)19)17(22)20-11-15-7-5-9-25-15/h3-4,6,8,15H,2,5,7,9-13H2,1H3,(H,20,22). The zero-order valence-corrected chi connectivity index (χ0v) is 15.7. The van der Waals surface area contributed by atoms with Crippen molar-refractivity contribution in [3.8, 4) is 0 Å². The second kappa shape index (κ2) is 7.62. The van der Waals surface area contributed by atoms with Crippen molar-refractivity contribution in [3.63, 3.8) is 0 Å². The van der Waals surface area contributed by atoms with Gasteiger partial charge in [-0.15, -0.1) is 0 Å². The van der Waals surface area contributed by atoms with E-state index >= 15 is 0 Å². The molecule has 1 aromatic carbocycles. The first-order valence-electron chi connectivity index (χ1n) is 8.97. The SMILES string of the molecule is CCS(=O)(=O)N1CC(Cc2ccccc2F)(C(=O)NCC2CCCO2)C1. The zero-order valence-electron chi connectivity index (χ0n) is 14.9. The number of rotatable bonds is 7. The molecule has 2 aliphatic heterocycles. The Morgan fingerprint density at radius 2 is 2.12 bits per heavy atom. The van der Waals surface area contributed by atoms with E-state index in [2.05, 4.69) is 5.32 Å². The molecule has 144 valence electrons. The summed E-state index contributed by atoms with van der Waals surface area (Å²) >= 11 is 0. The topological polar surface area (TPSA) is 75.7 Å². The van der Waals surface area contributed by atoms with Crippen LogP contribution in [-0.4, -0.2) is 56.7 Å². The fourth-order valence-corrected chi connectivity index (χ4v) is 4.80. The number of benzene rings is 1. The van der Waals surface area contributed by atoms with Gasteiger partial charge < -0.3 is 10.1 Å². The van der Waals surface area contributed by atoms with Crippen LogP contribution in [0.2, 0.25) is 0 Å². The lowest BCUT2D eigenvalue weighted by Gasteiger charge is -2.48. The van der Waals surface area contributed by atoms with Crippen LogP contribution < -0.4 is 5.32 Å². The molecule has 0 aliphatic carbocycles. The maximum atomic E-state index is 14.1. The lowest BCUT2D eigenvalue weighted by atomic mass is 9.75. The van der Waals surface area contributed by atoms with E-state index in [4.69, 9.17) is 4.74 Å². The Balaban J connectivity index is 1.74. The third-order valence-corrected chi connectivity index (χ3v) is 6.97. The molecule has 8 heteroatoms. The summed E-state index contributed by atoms with van der Waals surface area (Å²) in [7, 11) is -3.36. The largest absolute Gasteiger partial charge is 0.376 e. The highest BCUT2D eigenvalue weighted by molar-refractivity contribution is 7.89. The molecule has 2 fully saturated rings. The number of carbonyl (C=O) groups is 1. The maximum absolute atomic E-state index is 14.1. The molecule has 0 saturated carbocycles. The first kappa shape index (κ1) is 19.3.